The Labute approximate surface area is 229 Å². The second kappa shape index (κ2) is 8.89. The van der Waals surface area contributed by atoms with Gasteiger partial charge in [-0.2, -0.15) is 0 Å². The monoisotopic (exact) mass is 553 g/mol. The highest BCUT2D eigenvalue weighted by molar-refractivity contribution is 6.30. The zero-order valence-corrected chi connectivity index (χ0v) is 21.3. The van der Waals surface area contributed by atoms with E-state index in [1.807, 2.05) is 0 Å². The van der Waals surface area contributed by atoms with E-state index in [-0.39, 0.29) is 39.9 Å². The Morgan fingerprint density at radius 3 is 2.70 bits per heavy atom. The van der Waals surface area contributed by atoms with E-state index in [1.165, 1.54) is 24.0 Å². The van der Waals surface area contributed by atoms with Crippen molar-refractivity contribution in [2.45, 2.75) is 5.92 Å². The molecule has 0 spiro atoms. The third-order valence-corrected chi connectivity index (χ3v) is 7.04. The number of para-hydroxylation sites is 2. The standard InChI is InChI=1S/C28H16ClN5O6/c1-38-19-11-10-14(29)12-17(19)25-31-26-23-21(15-6-2-4-8-18(15)34(36)37)22-24(40-27(23)30-13-33(26)32-25)16-7-3-5-9-20(16)39-28(22)35/h2-13,21H,1H3. The van der Waals surface area contributed by atoms with Gasteiger partial charge in [-0.1, -0.05) is 41.9 Å². The number of ether oxygens (including phenoxy) is 2. The molecule has 0 saturated heterocycles. The maximum atomic E-state index is 13.5. The second-order valence-electron chi connectivity index (χ2n) is 8.99. The van der Waals surface area contributed by atoms with Gasteiger partial charge in [0.25, 0.3) is 5.69 Å². The van der Waals surface area contributed by atoms with Gasteiger partial charge in [0.1, 0.15) is 17.7 Å². The molecule has 0 saturated carbocycles. The fraction of sp³-hybridized carbons (Fsp3) is 0.0714. The van der Waals surface area contributed by atoms with Crippen LogP contribution in [0.1, 0.15) is 22.6 Å². The third kappa shape index (κ3) is 3.52. The molecule has 0 aliphatic carbocycles. The molecular weight excluding hydrogens is 538 g/mol. The largest absolute Gasteiger partial charge is 0.496 e. The Hall–Kier alpha value is -5.29. The van der Waals surface area contributed by atoms with Crippen molar-refractivity contribution in [2.75, 3.05) is 7.11 Å². The molecule has 11 nitrogen and oxygen atoms in total. The molecule has 1 aliphatic rings. The number of nitro groups is 1. The summed E-state index contributed by atoms with van der Waals surface area (Å²) >= 11 is 6.25. The van der Waals surface area contributed by atoms with Crippen LogP contribution in [0, 0.1) is 10.1 Å². The Bertz CT molecular complexity index is 2070. The summed E-state index contributed by atoms with van der Waals surface area (Å²) < 4.78 is 18.8. The van der Waals surface area contributed by atoms with Gasteiger partial charge in [-0.05, 0) is 30.3 Å². The smallest absolute Gasteiger partial charge is 0.344 e. The summed E-state index contributed by atoms with van der Waals surface area (Å²) in [7, 11) is 1.52. The van der Waals surface area contributed by atoms with Gasteiger partial charge in [0.2, 0.25) is 5.88 Å². The molecular formula is C28H16ClN5O6. The molecule has 0 bridgehead atoms. The highest BCUT2D eigenvalue weighted by Gasteiger charge is 2.40. The molecule has 1 atom stereocenters. The summed E-state index contributed by atoms with van der Waals surface area (Å²) in [6.45, 7) is 0. The first-order valence-electron chi connectivity index (χ1n) is 12.0. The van der Waals surface area contributed by atoms with Crippen LogP contribution in [0.25, 0.3) is 28.0 Å². The molecule has 1 unspecified atom stereocenters. The van der Waals surface area contributed by atoms with E-state index in [2.05, 4.69) is 10.1 Å². The molecule has 40 heavy (non-hydrogen) atoms. The summed E-state index contributed by atoms with van der Waals surface area (Å²) in [5, 5.41) is 17.7. The average molecular weight is 554 g/mol. The Kier molecular flexibility index (Phi) is 5.29. The van der Waals surface area contributed by atoms with Gasteiger partial charge in [0.15, 0.2) is 17.2 Å². The van der Waals surface area contributed by atoms with Crippen LogP contribution < -0.4 is 15.1 Å². The van der Waals surface area contributed by atoms with E-state index in [9.17, 15) is 14.9 Å². The molecule has 0 amide bonds. The molecule has 12 heteroatoms. The van der Waals surface area contributed by atoms with Crippen molar-refractivity contribution >= 4 is 33.9 Å². The van der Waals surface area contributed by atoms with Crippen LogP contribution in [0.3, 0.4) is 0 Å². The van der Waals surface area contributed by atoms with E-state index in [1.54, 1.807) is 60.7 Å². The minimum Gasteiger partial charge on any atom is -0.496 e. The van der Waals surface area contributed by atoms with Crippen LogP contribution in [0.5, 0.6) is 17.4 Å². The lowest BCUT2D eigenvalue weighted by atomic mass is 9.83. The average Bonchev–Trinajstić information content (AvgIpc) is 3.41. The predicted octanol–water partition coefficient (Wildman–Crippen LogP) is 5.75. The van der Waals surface area contributed by atoms with Crippen molar-refractivity contribution in [2.24, 2.45) is 0 Å². The quantitative estimate of drug-likeness (QED) is 0.151. The van der Waals surface area contributed by atoms with E-state index >= 15 is 0 Å². The van der Waals surface area contributed by atoms with Gasteiger partial charge < -0.3 is 13.9 Å². The van der Waals surface area contributed by atoms with Crippen molar-refractivity contribution < 1.29 is 18.8 Å². The summed E-state index contributed by atoms with van der Waals surface area (Å²) in [6, 6.07) is 18.2. The second-order valence-corrected chi connectivity index (χ2v) is 9.43. The van der Waals surface area contributed by atoms with Crippen LogP contribution in [-0.4, -0.2) is 31.6 Å². The fourth-order valence-corrected chi connectivity index (χ4v) is 5.28. The molecule has 3 aromatic carbocycles. The Morgan fingerprint density at radius 1 is 1.07 bits per heavy atom. The molecule has 0 fully saturated rings. The minimum atomic E-state index is -1.00. The van der Waals surface area contributed by atoms with Crippen molar-refractivity contribution in [3.05, 3.63) is 115 Å². The summed E-state index contributed by atoms with van der Waals surface area (Å²) in [5.41, 5.74) is 0.918. The number of fused-ring (bicyclic) bond motifs is 6. The number of nitrogens with zero attached hydrogens (tertiary/aromatic N) is 5. The number of hydrogen-bond donors (Lipinski definition) is 0. The van der Waals surface area contributed by atoms with Crippen LogP contribution in [0.4, 0.5) is 5.69 Å². The van der Waals surface area contributed by atoms with Gasteiger partial charge in [0.05, 0.1) is 40.0 Å². The molecule has 7 rings (SSSR count). The van der Waals surface area contributed by atoms with Gasteiger partial charge >= 0.3 is 5.63 Å². The Balaban J connectivity index is 1.57. The van der Waals surface area contributed by atoms with Crippen LogP contribution in [0.2, 0.25) is 5.02 Å². The SMILES string of the molecule is COc1ccc(Cl)cc1-c1nc2c3c(ncn2n1)Oc1c(c(=O)oc2ccccc12)C3c1ccccc1[N+](=O)[O-]. The number of methoxy groups -OCH3 is 1. The third-order valence-electron chi connectivity index (χ3n) is 6.81. The van der Waals surface area contributed by atoms with E-state index in [0.717, 1.165) is 0 Å². The van der Waals surface area contributed by atoms with E-state index in [0.29, 0.717) is 32.9 Å². The Morgan fingerprint density at radius 2 is 1.88 bits per heavy atom. The molecule has 0 radical (unpaired) electrons. The van der Waals surface area contributed by atoms with Crippen LogP contribution in [-0.2, 0) is 0 Å². The van der Waals surface area contributed by atoms with Crippen molar-refractivity contribution in [3.63, 3.8) is 0 Å². The normalized spacial score (nSPS) is 14.0. The lowest BCUT2D eigenvalue weighted by Gasteiger charge is -2.27. The van der Waals surface area contributed by atoms with Crippen LogP contribution >= 0.6 is 11.6 Å². The first kappa shape index (κ1) is 23.8. The first-order chi connectivity index (χ1) is 19.4. The van der Waals surface area contributed by atoms with Gasteiger partial charge in [0, 0.05) is 16.7 Å². The van der Waals surface area contributed by atoms with E-state index < -0.39 is 16.5 Å². The molecule has 1 aliphatic heterocycles. The maximum absolute atomic E-state index is 13.5. The lowest BCUT2D eigenvalue weighted by Crippen LogP contribution is -2.23. The number of rotatable bonds is 4. The van der Waals surface area contributed by atoms with Gasteiger partial charge in [-0.25, -0.2) is 19.3 Å². The fourth-order valence-electron chi connectivity index (χ4n) is 5.11. The number of hydrogen-bond acceptors (Lipinski definition) is 9. The zero-order valence-electron chi connectivity index (χ0n) is 20.6. The van der Waals surface area contributed by atoms with Crippen molar-refractivity contribution in [1.29, 1.82) is 0 Å². The van der Waals surface area contributed by atoms with E-state index in [4.69, 9.17) is 30.5 Å². The number of benzene rings is 3. The summed E-state index contributed by atoms with van der Waals surface area (Å²) in [4.78, 5) is 34.4. The molecule has 3 aromatic heterocycles. The topological polar surface area (TPSA) is 135 Å². The van der Waals surface area contributed by atoms with Crippen molar-refractivity contribution in [1.82, 2.24) is 19.6 Å². The minimum absolute atomic E-state index is 0.0975. The maximum Gasteiger partial charge on any atom is 0.344 e. The molecule has 0 N–H and O–H groups in total. The first-order valence-corrected chi connectivity index (χ1v) is 12.4. The number of aromatic nitrogens is 4. The highest BCUT2D eigenvalue weighted by Crippen LogP contribution is 2.50. The predicted molar refractivity (Wildman–Crippen MR) is 144 cm³/mol. The number of halogens is 1. The summed E-state index contributed by atoms with van der Waals surface area (Å²) in [6.07, 6.45) is 1.43. The molecule has 4 heterocycles. The number of nitro benzene ring substituents is 1. The summed E-state index contributed by atoms with van der Waals surface area (Å²) in [5.74, 6) is 0.112. The highest BCUT2D eigenvalue weighted by atomic mass is 35.5. The van der Waals surface area contributed by atoms with Crippen LogP contribution in [0.15, 0.2) is 82.3 Å². The van der Waals surface area contributed by atoms with Crippen molar-refractivity contribution in [3.8, 4) is 28.8 Å². The molecule has 6 aromatic rings. The van der Waals surface area contributed by atoms with Gasteiger partial charge in [-0.15, -0.1) is 5.10 Å². The van der Waals surface area contributed by atoms with Gasteiger partial charge in [-0.3, -0.25) is 10.1 Å². The molecule has 196 valence electrons. The lowest BCUT2D eigenvalue weighted by molar-refractivity contribution is -0.385. The zero-order chi connectivity index (χ0) is 27.5.